The van der Waals surface area contributed by atoms with Gasteiger partial charge >= 0.3 is 6.18 Å². The lowest BCUT2D eigenvalue weighted by Crippen LogP contribution is -2.21. The molecule has 3 N–H and O–H groups in total. The monoisotopic (exact) mass is 246 g/mol. The first-order valence-corrected chi connectivity index (χ1v) is 4.98. The Labute approximate surface area is 96.8 Å². The number of hydrogen-bond acceptors (Lipinski definition) is 2. The number of nitrogens with two attached hydrogens (primary N) is 1. The van der Waals surface area contributed by atoms with Crippen LogP contribution in [0.15, 0.2) is 18.2 Å². The summed E-state index contributed by atoms with van der Waals surface area (Å²) in [5, 5.41) is 2.23. The molecule has 94 valence electrons. The van der Waals surface area contributed by atoms with Crippen LogP contribution in [0.1, 0.15) is 17.5 Å². The van der Waals surface area contributed by atoms with Crippen molar-refractivity contribution in [3.63, 3.8) is 0 Å². The minimum Gasteiger partial charge on any atom is -0.326 e. The smallest absolute Gasteiger partial charge is 0.326 e. The van der Waals surface area contributed by atoms with E-state index in [0.29, 0.717) is 11.3 Å². The molecule has 0 spiro atoms. The average Bonchev–Trinajstić information content (AvgIpc) is 2.18. The van der Waals surface area contributed by atoms with Gasteiger partial charge in [0.15, 0.2) is 0 Å². The van der Waals surface area contributed by atoms with E-state index in [4.69, 9.17) is 5.73 Å². The summed E-state index contributed by atoms with van der Waals surface area (Å²) in [4.78, 5) is 11.1. The zero-order valence-electron chi connectivity index (χ0n) is 9.27. The minimum absolute atomic E-state index is 0.266. The van der Waals surface area contributed by atoms with Crippen LogP contribution in [0.3, 0.4) is 0 Å². The zero-order valence-corrected chi connectivity index (χ0v) is 9.27. The molecule has 0 aliphatic heterocycles. The van der Waals surface area contributed by atoms with Crippen LogP contribution < -0.4 is 11.1 Å². The van der Waals surface area contributed by atoms with Gasteiger partial charge in [0.1, 0.15) is 6.42 Å². The van der Waals surface area contributed by atoms with E-state index in [1.807, 2.05) is 0 Å². The Kier molecular flexibility index (Phi) is 4.11. The molecule has 1 aromatic rings. The second-order valence-electron chi connectivity index (χ2n) is 3.69. The van der Waals surface area contributed by atoms with E-state index in [-0.39, 0.29) is 6.54 Å². The highest BCUT2D eigenvalue weighted by atomic mass is 19.4. The number of aryl methyl sites for hydroxylation is 1. The molecule has 1 aromatic carbocycles. The van der Waals surface area contributed by atoms with Crippen LogP contribution >= 0.6 is 0 Å². The molecule has 0 unspecified atom stereocenters. The van der Waals surface area contributed by atoms with Crippen LogP contribution in [0.25, 0.3) is 0 Å². The number of carbonyl (C=O) groups is 1. The van der Waals surface area contributed by atoms with E-state index in [0.717, 1.165) is 5.56 Å². The van der Waals surface area contributed by atoms with Crippen molar-refractivity contribution >= 4 is 11.6 Å². The third-order valence-corrected chi connectivity index (χ3v) is 2.17. The lowest BCUT2D eigenvalue weighted by Gasteiger charge is -2.11. The summed E-state index contributed by atoms with van der Waals surface area (Å²) in [6, 6.07) is 5.03. The Morgan fingerprint density at radius 3 is 2.59 bits per heavy atom. The summed E-state index contributed by atoms with van der Waals surface area (Å²) in [5.41, 5.74) is 7.21. The number of nitrogens with one attached hydrogen (secondary N) is 1. The number of amides is 1. The third-order valence-electron chi connectivity index (χ3n) is 2.17. The number of hydrogen-bond donors (Lipinski definition) is 2. The maximum atomic E-state index is 12.0. The summed E-state index contributed by atoms with van der Waals surface area (Å²) in [6.07, 6.45) is -5.98. The first kappa shape index (κ1) is 13.5. The molecule has 3 nitrogen and oxygen atoms in total. The van der Waals surface area contributed by atoms with Gasteiger partial charge in [-0.1, -0.05) is 12.1 Å². The van der Waals surface area contributed by atoms with Crippen LogP contribution in [-0.2, 0) is 11.3 Å². The molecule has 17 heavy (non-hydrogen) atoms. The fourth-order valence-corrected chi connectivity index (χ4v) is 1.31. The lowest BCUT2D eigenvalue weighted by atomic mass is 10.1. The number of alkyl halides is 3. The molecule has 0 bridgehead atoms. The Bertz CT molecular complexity index is 416. The van der Waals surface area contributed by atoms with Gasteiger partial charge in [-0.3, -0.25) is 4.79 Å². The number of benzene rings is 1. The molecule has 0 aromatic heterocycles. The molecule has 0 aliphatic carbocycles. The Hall–Kier alpha value is -1.56. The van der Waals surface area contributed by atoms with E-state index < -0.39 is 18.5 Å². The van der Waals surface area contributed by atoms with E-state index in [9.17, 15) is 18.0 Å². The van der Waals surface area contributed by atoms with Crippen LogP contribution in [0.2, 0.25) is 0 Å². The van der Waals surface area contributed by atoms with Gasteiger partial charge in [0.25, 0.3) is 0 Å². The van der Waals surface area contributed by atoms with Gasteiger partial charge in [-0.25, -0.2) is 0 Å². The van der Waals surface area contributed by atoms with Crippen molar-refractivity contribution in [3.05, 3.63) is 29.3 Å². The fraction of sp³-hybridized carbons (Fsp3) is 0.364. The molecule has 0 fully saturated rings. The first-order chi connectivity index (χ1) is 7.81. The Balaban J connectivity index is 2.77. The number of carbonyl (C=O) groups excluding carboxylic acids is 1. The van der Waals surface area contributed by atoms with Crippen molar-refractivity contribution in [3.8, 4) is 0 Å². The van der Waals surface area contributed by atoms with E-state index in [2.05, 4.69) is 5.32 Å². The van der Waals surface area contributed by atoms with E-state index in [1.165, 1.54) is 0 Å². The van der Waals surface area contributed by atoms with Gasteiger partial charge in [-0.15, -0.1) is 0 Å². The van der Waals surface area contributed by atoms with Crippen LogP contribution in [-0.4, -0.2) is 12.1 Å². The summed E-state index contributed by atoms with van der Waals surface area (Å²) in [7, 11) is 0. The number of anilines is 1. The molecule has 1 amide bonds. The molecular weight excluding hydrogens is 233 g/mol. The standard InChI is InChI=1S/C11H13F3N2O/c1-7-2-3-8(6-15)4-9(7)16-10(17)5-11(12,13)14/h2-4H,5-6,15H2,1H3,(H,16,17). The van der Waals surface area contributed by atoms with E-state index in [1.54, 1.807) is 25.1 Å². The second kappa shape index (κ2) is 5.18. The largest absolute Gasteiger partial charge is 0.397 e. The molecule has 1 rings (SSSR count). The van der Waals surface area contributed by atoms with Gasteiger partial charge in [-0.2, -0.15) is 13.2 Å². The Morgan fingerprint density at radius 2 is 2.06 bits per heavy atom. The molecule has 0 heterocycles. The lowest BCUT2D eigenvalue weighted by molar-refractivity contribution is -0.150. The summed E-state index contributed by atoms with van der Waals surface area (Å²) < 4.78 is 35.9. The molecular formula is C11H13F3N2O. The topological polar surface area (TPSA) is 55.1 Å². The third kappa shape index (κ3) is 4.44. The predicted octanol–water partition coefficient (Wildman–Crippen LogP) is 2.34. The molecule has 0 atom stereocenters. The van der Waals surface area contributed by atoms with Crippen molar-refractivity contribution < 1.29 is 18.0 Å². The van der Waals surface area contributed by atoms with Gasteiger partial charge in [-0.05, 0) is 24.1 Å². The molecule has 0 radical (unpaired) electrons. The maximum absolute atomic E-state index is 12.0. The van der Waals surface area contributed by atoms with Gasteiger partial charge in [0.05, 0.1) is 0 Å². The summed E-state index contributed by atoms with van der Waals surface area (Å²) in [5.74, 6) is -1.07. The number of halogens is 3. The molecule has 0 aliphatic rings. The van der Waals surface area contributed by atoms with Crippen molar-refractivity contribution in [1.29, 1.82) is 0 Å². The quantitative estimate of drug-likeness (QED) is 0.860. The molecule has 0 saturated carbocycles. The summed E-state index contributed by atoms with van der Waals surface area (Å²) >= 11 is 0. The van der Waals surface area contributed by atoms with Crippen molar-refractivity contribution in [1.82, 2.24) is 0 Å². The fourth-order valence-electron chi connectivity index (χ4n) is 1.31. The van der Waals surface area contributed by atoms with Gasteiger partial charge in [0, 0.05) is 12.2 Å². The minimum atomic E-state index is -4.50. The normalized spacial score (nSPS) is 11.4. The van der Waals surface area contributed by atoms with Crippen molar-refractivity contribution in [2.45, 2.75) is 26.1 Å². The van der Waals surface area contributed by atoms with Gasteiger partial charge < -0.3 is 11.1 Å². The van der Waals surface area contributed by atoms with E-state index >= 15 is 0 Å². The van der Waals surface area contributed by atoms with Crippen molar-refractivity contribution in [2.75, 3.05) is 5.32 Å². The van der Waals surface area contributed by atoms with Crippen LogP contribution in [0, 0.1) is 6.92 Å². The second-order valence-corrected chi connectivity index (χ2v) is 3.69. The SMILES string of the molecule is Cc1ccc(CN)cc1NC(=O)CC(F)(F)F. The van der Waals surface area contributed by atoms with Crippen LogP contribution in [0.5, 0.6) is 0 Å². The maximum Gasteiger partial charge on any atom is 0.397 e. The zero-order chi connectivity index (χ0) is 13.1. The highest BCUT2D eigenvalue weighted by molar-refractivity contribution is 5.91. The molecule has 0 saturated heterocycles. The average molecular weight is 246 g/mol. The predicted molar refractivity (Wildman–Crippen MR) is 58.4 cm³/mol. The first-order valence-electron chi connectivity index (χ1n) is 4.98. The molecule has 6 heteroatoms. The van der Waals surface area contributed by atoms with Gasteiger partial charge in [0.2, 0.25) is 5.91 Å². The summed E-state index contributed by atoms with van der Waals surface area (Å²) in [6.45, 7) is 1.96. The van der Waals surface area contributed by atoms with Crippen LogP contribution in [0.4, 0.5) is 18.9 Å². The Morgan fingerprint density at radius 1 is 1.41 bits per heavy atom. The highest BCUT2D eigenvalue weighted by Gasteiger charge is 2.31. The highest BCUT2D eigenvalue weighted by Crippen LogP contribution is 2.22. The number of rotatable bonds is 3. The van der Waals surface area contributed by atoms with Crippen molar-refractivity contribution in [2.24, 2.45) is 5.73 Å².